The van der Waals surface area contributed by atoms with Gasteiger partial charge in [-0.05, 0) is 37.0 Å². The Morgan fingerprint density at radius 2 is 1.83 bits per heavy atom. The Morgan fingerprint density at radius 3 is 2.59 bits per heavy atom. The number of aromatic nitrogens is 2. The number of fused-ring (bicyclic) bond motifs is 1. The molecule has 6 nitrogen and oxygen atoms in total. The van der Waals surface area contributed by atoms with Gasteiger partial charge >= 0.3 is 0 Å². The van der Waals surface area contributed by atoms with Gasteiger partial charge in [-0.15, -0.1) is 0 Å². The summed E-state index contributed by atoms with van der Waals surface area (Å²) in [6.07, 6.45) is 1.82. The molecule has 1 saturated heterocycles. The summed E-state index contributed by atoms with van der Waals surface area (Å²) in [5.41, 5.74) is 1.40. The molecule has 1 amide bonds. The molecule has 1 unspecified atom stereocenters. The van der Waals surface area contributed by atoms with Crippen LogP contribution in [0.4, 0.5) is 5.69 Å². The summed E-state index contributed by atoms with van der Waals surface area (Å²) in [7, 11) is 0. The molecule has 29 heavy (non-hydrogen) atoms. The van der Waals surface area contributed by atoms with Crippen LogP contribution in [-0.4, -0.2) is 35.3 Å². The van der Waals surface area contributed by atoms with Crippen molar-refractivity contribution in [3.8, 4) is 0 Å². The smallest absolute Gasteiger partial charge is 0.274 e. The fourth-order valence-corrected chi connectivity index (χ4v) is 3.96. The molecular weight excluding hydrogens is 364 g/mol. The molecule has 6 heteroatoms. The van der Waals surface area contributed by atoms with Crippen molar-refractivity contribution in [3.63, 3.8) is 0 Å². The van der Waals surface area contributed by atoms with E-state index in [2.05, 4.69) is 27.4 Å². The molecular formula is C23H26N4O2. The summed E-state index contributed by atoms with van der Waals surface area (Å²) in [6, 6.07) is 17.6. The molecule has 0 saturated carbocycles. The fourth-order valence-electron chi connectivity index (χ4n) is 3.96. The zero-order chi connectivity index (χ0) is 20.2. The van der Waals surface area contributed by atoms with Crippen LogP contribution in [0.5, 0.6) is 0 Å². The average molecular weight is 390 g/mol. The quantitative estimate of drug-likeness (QED) is 0.702. The number of amides is 1. The van der Waals surface area contributed by atoms with Gasteiger partial charge in [0.2, 0.25) is 0 Å². The number of benzene rings is 2. The molecule has 0 aliphatic carbocycles. The van der Waals surface area contributed by atoms with Crippen LogP contribution >= 0.6 is 0 Å². The van der Waals surface area contributed by atoms with Crippen LogP contribution in [0, 0.1) is 5.92 Å². The Kier molecular flexibility index (Phi) is 5.60. The number of carbonyl (C=O) groups excluding carboxylic acids is 1. The van der Waals surface area contributed by atoms with Crippen LogP contribution in [0.3, 0.4) is 0 Å². The number of rotatable bonds is 6. The van der Waals surface area contributed by atoms with Crippen molar-refractivity contribution in [3.05, 3.63) is 70.6 Å². The van der Waals surface area contributed by atoms with Gasteiger partial charge in [0.05, 0.1) is 5.39 Å². The summed E-state index contributed by atoms with van der Waals surface area (Å²) in [5, 5.41) is 8.58. The summed E-state index contributed by atoms with van der Waals surface area (Å²) in [5.74, 6) is 0.177. The topological polar surface area (TPSA) is 67.2 Å². The monoisotopic (exact) mass is 390 g/mol. The lowest BCUT2D eigenvalue weighted by molar-refractivity contribution is 0.0942. The maximum Gasteiger partial charge on any atom is 0.274 e. The molecule has 0 bridgehead atoms. The normalized spacial score (nSPS) is 16.3. The zero-order valence-electron chi connectivity index (χ0n) is 16.7. The van der Waals surface area contributed by atoms with Crippen LogP contribution in [0.2, 0.25) is 0 Å². The summed E-state index contributed by atoms with van der Waals surface area (Å²) >= 11 is 0. The second kappa shape index (κ2) is 8.47. The lowest BCUT2D eigenvalue weighted by Crippen LogP contribution is -2.34. The predicted octanol–water partition coefficient (Wildman–Crippen LogP) is 3.06. The summed E-state index contributed by atoms with van der Waals surface area (Å²) in [4.78, 5) is 27.9. The number of hydrogen-bond acceptors (Lipinski definition) is 4. The van der Waals surface area contributed by atoms with E-state index in [1.165, 1.54) is 10.4 Å². The van der Waals surface area contributed by atoms with Gasteiger partial charge in [-0.3, -0.25) is 9.59 Å². The van der Waals surface area contributed by atoms with Crippen LogP contribution < -0.4 is 15.8 Å². The number of aryl methyl sites for hydroxylation is 1. The van der Waals surface area contributed by atoms with Gasteiger partial charge in [-0.25, -0.2) is 4.68 Å². The highest BCUT2D eigenvalue weighted by atomic mass is 16.2. The largest absolute Gasteiger partial charge is 0.371 e. The van der Waals surface area contributed by atoms with Gasteiger partial charge < -0.3 is 10.2 Å². The molecule has 1 N–H and O–H groups in total. The maximum atomic E-state index is 12.9. The molecule has 1 atom stereocenters. The van der Waals surface area contributed by atoms with Crippen molar-refractivity contribution in [2.24, 2.45) is 5.92 Å². The van der Waals surface area contributed by atoms with E-state index in [0.29, 0.717) is 35.5 Å². The number of carbonyl (C=O) groups is 1. The van der Waals surface area contributed by atoms with Crippen LogP contribution in [0.1, 0.15) is 30.3 Å². The SMILES string of the molecule is CCCn1nc(C(=O)NCC2CCN(c3ccccc3)C2)c2ccccc2c1=O. The van der Waals surface area contributed by atoms with Crippen molar-refractivity contribution in [2.45, 2.75) is 26.3 Å². The van der Waals surface area contributed by atoms with Crippen molar-refractivity contribution >= 4 is 22.4 Å². The van der Waals surface area contributed by atoms with E-state index in [4.69, 9.17) is 0 Å². The number of anilines is 1. The molecule has 0 radical (unpaired) electrons. The van der Waals surface area contributed by atoms with Crippen molar-refractivity contribution in [1.82, 2.24) is 15.1 Å². The number of hydrogen-bond donors (Lipinski definition) is 1. The number of nitrogens with one attached hydrogen (secondary N) is 1. The van der Waals surface area contributed by atoms with E-state index in [1.54, 1.807) is 12.1 Å². The zero-order valence-corrected chi connectivity index (χ0v) is 16.7. The summed E-state index contributed by atoms with van der Waals surface area (Å²) < 4.78 is 1.41. The third-order valence-corrected chi connectivity index (χ3v) is 5.48. The second-order valence-electron chi connectivity index (χ2n) is 7.57. The van der Waals surface area contributed by atoms with E-state index in [1.807, 2.05) is 37.3 Å². The first-order valence-corrected chi connectivity index (χ1v) is 10.3. The highest BCUT2D eigenvalue weighted by Crippen LogP contribution is 2.23. The lowest BCUT2D eigenvalue weighted by Gasteiger charge is -2.18. The Balaban J connectivity index is 1.48. The molecule has 2 aromatic carbocycles. The third-order valence-electron chi connectivity index (χ3n) is 5.48. The summed E-state index contributed by atoms with van der Waals surface area (Å²) in [6.45, 7) is 5.01. The minimum absolute atomic E-state index is 0.145. The van der Waals surface area contributed by atoms with Crippen molar-refractivity contribution in [2.75, 3.05) is 24.5 Å². The van der Waals surface area contributed by atoms with Crippen LogP contribution in [0.25, 0.3) is 10.8 Å². The van der Waals surface area contributed by atoms with E-state index >= 15 is 0 Å². The molecule has 2 heterocycles. The van der Waals surface area contributed by atoms with Gasteiger partial charge in [0.15, 0.2) is 5.69 Å². The second-order valence-corrected chi connectivity index (χ2v) is 7.57. The Bertz CT molecular complexity index is 1060. The first-order chi connectivity index (χ1) is 14.2. The molecule has 150 valence electrons. The molecule has 1 fully saturated rings. The molecule has 1 aliphatic heterocycles. The highest BCUT2D eigenvalue weighted by molar-refractivity contribution is 6.04. The van der Waals surface area contributed by atoms with Gasteiger partial charge in [0.25, 0.3) is 11.5 Å². The molecule has 4 rings (SSSR count). The molecule has 1 aliphatic rings. The van der Waals surface area contributed by atoms with Crippen molar-refractivity contribution < 1.29 is 4.79 Å². The molecule has 3 aromatic rings. The van der Waals surface area contributed by atoms with Gasteiger partial charge in [0.1, 0.15) is 0 Å². The van der Waals surface area contributed by atoms with Gasteiger partial charge in [-0.2, -0.15) is 5.10 Å². The highest BCUT2D eigenvalue weighted by Gasteiger charge is 2.24. The van der Waals surface area contributed by atoms with Gasteiger partial charge in [0, 0.05) is 37.3 Å². The Labute approximate surface area is 170 Å². The Morgan fingerprint density at radius 1 is 1.10 bits per heavy atom. The minimum atomic E-state index is -0.218. The Hall–Kier alpha value is -3.15. The van der Waals surface area contributed by atoms with E-state index in [9.17, 15) is 9.59 Å². The van der Waals surface area contributed by atoms with Gasteiger partial charge in [-0.1, -0.05) is 43.3 Å². The van der Waals surface area contributed by atoms with Crippen molar-refractivity contribution in [1.29, 1.82) is 0 Å². The number of para-hydroxylation sites is 1. The van der Waals surface area contributed by atoms with E-state index < -0.39 is 0 Å². The standard InChI is InChI=1S/C23H26N4O2/c1-2-13-27-23(29)20-11-7-6-10-19(20)21(25-27)22(28)24-15-17-12-14-26(16-17)18-8-4-3-5-9-18/h3-11,17H,2,12-16H2,1H3,(H,24,28). The van der Waals surface area contributed by atoms with Crippen LogP contribution in [-0.2, 0) is 6.54 Å². The molecule has 0 spiro atoms. The number of nitrogens with zero attached hydrogens (tertiary/aromatic N) is 3. The third kappa shape index (κ3) is 4.01. The first kappa shape index (κ1) is 19.2. The van der Waals surface area contributed by atoms with E-state index in [0.717, 1.165) is 25.9 Å². The maximum absolute atomic E-state index is 12.9. The van der Waals surface area contributed by atoms with Crippen LogP contribution in [0.15, 0.2) is 59.4 Å². The fraction of sp³-hybridized carbons (Fsp3) is 0.348. The predicted molar refractivity (Wildman–Crippen MR) is 115 cm³/mol. The molecule has 1 aromatic heterocycles. The lowest BCUT2D eigenvalue weighted by atomic mass is 10.1. The average Bonchev–Trinajstić information content (AvgIpc) is 3.24. The first-order valence-electron chi connectivity index (χ1n) is 10.3. The minimum Gasteiger partial charge on any atom is -0.371 e. The van der Waals surface area contributed by atoms with E-state index in [-0.39, 0.29) is 11.5 Å².